The van der Waals surface area contributed by atoms with Crippen LogP contribution in [0.15, 0.2) is 65.7 Å². The molecule has 1 heterocycles. The summed E-state index contributed by atoms with van der Waals surface area (Å²) in [5, 5.41) is 7.77. The Labute approximate surface area is 178 Å². The number of nitrogens with zero attached hydrogens (tertiary/aromatic N) is 2. The molecule has 2 aromatic carbocycles. The van der Waals surface area contributed by atoms with E-state index in [4.69, 9.17) is 23.2 Å². The zero-order valence-electron chi connectivity index (χ0n) is 15.2. The van der Waals surface area contributed by atoms with Crippen LogP contribution in [0, 0.1) is 0 Å². The number of benzene rings is 2. The Kier molecular flexibility index (Phi) is 6.92. The zero-order valence-corrected chi connectivity index (χ0v) is 17.5. The summed E-state index contributed by atoms with van der Waals surface area (Å²) in [7, 11) is -3.65. The van der Waals surface area contributed by atoms with Gasteiger partial charge in [-0.1, -0.05) is 53.5 Å². The Morgan fingerprint density at radius 3 is 2.55 bits per heavy atom. The smallest absolute Gasteiger partial charge is 0.240 e. The molecule has 0 unspecified atom stereocenters. The molecule has 2 N–H and O–H groups in total. The number of rotatable bonds is 8. The third-order valence-electron chi connectivity index (χ3n) is 4.03. The first-order valence-corrected chi connectivity index (χ1v) is 10.9. The molecule has 0 spiro atoms. The van der Waals surface area contributed by atoms with Crippen LogP contribution in [0.2, 0.25) is 10.0 Å². The molecule has 29 heavy (non-hydrogen) atoms. The van der Waals surface area contributed by atoms with E-state index < -0.39 is 10.0 Å². The van der Waals surface area contributed by atoms with E-state index in [-0.39, 0.29) is 23.8 Å². The first kappa shape index (κ1) is 21.3. The maximum Gasteiger partial charge on any atom is 0.240 e. The van der Waals surface area contributed by atoms with E-state index in [1.54, 1.807) is 47.3 Å². The number of anilines is 1. The minimum absolute atomic E-state index is 0.0304. The molecule has 0 aliphatic carbocycles. The minimum Gasteiger partial charge on any atom is -0.311 e. The van der Waals surface area contributed by atoms with Gasteiger partial charge in [0.1, 0.15) is 5.82 Å². The Bertz CT molecular complexity index is 1100. The first-order valence-electron chi connectivity index (χ1n) is 8.66. The second kappa shape index (κ2) is 9.41. The number of hydrogen-bond acceptors (Lipinski definition) is 4. The maximum atomic E-state index is 12.2. The van der Waals surface area contributed by atoms with Gasteiger partial charge in [-0.3, -0.25) is 4.79 Å². The van der Waals surface area contributed by atoms with Crippen molar-refractivity contribution in [1.29, 1.82) is 0 Å². The molecule has 0 radical (unpaired) electrons. The summed E-state index contributed by atoms with van der Waals surface area (Å²) < 4.78 is 28.3. The third kappa shape index (κ3) is 5.57. The second-order valence-electron chi connectivity index (χ2n) is 6.10. The molecule has 3 aromatic rings. The van der Waals surface area contributed by atoms with Crippen molar-refractivity contribution < 1.29 is 13.2 Å². The lowest BCUT2D eigenvalue weighted by molar-refractivity contribution is -0.116. The van der Waals surface area contributed by atoms with Crippen LogP contribution in [0.5, 0.6) is 0 Å². The Hall–Kier alpha value is -2.39. The van der Waals surface area contributed by atoms with Gasteiger partial charge in [-0.25, -0.2) is 17.8 Å². The lowest BCUT2D eigenvalue weighted by Gasteiger charge is -2.11. The summed E-state index contributed by atoms with van der Waals surface area (Å²) in [6, 6.07) is 14.9. The highest BCUT2D eigenvalue weighted by Crippen LogP contribution is 2.26. The summed E-state index contributed by atoms with van der Waals surface area (Å²) in [6.45, 7) is 0.292. The predicted molar refractivity (Wildman–Crippen MR) is 113 cm³/mol. The monoisotopic (exact) mass is 452 g/mol. The highest BCUT2D eigenvalue weighted by atomic mass is 35.5. The van der Waals surface area contributed by atoms with Crippen LogP contribution in [-0.4, -0.2) is 30.7 Å². The molecule has 0 saturated heterocycles. The van der Waals surface area contributed by atoms with Crippen LogP contribution in [0.1, 0.15) is 12.0 Å². The van der Waals surface area contributed by atoms with Gasteiger partial charge >= 0.3 is 0 Å². The van der Waals surface area contributed by atoms with Crippen LogP contribution < -0.4 is 10.0 Å². The largest absolute Gasteiger partial charge is 0.311 e. The van der Waals surface area contributed by atoms with E-state index >= 15 is 0 Å². The lowest BCUT2D eigenvalue weighted by atomic mass is 10.2. The quantitative estimate of drug-likeness (QED) is 0.546. The molecule has 1 aromatic heterocycles. The SMILES string of the molecule is O=C(CCNS(=O)(=O)c1ccccc1)Nc1ccnn1Cc1cccc(Cl)c1Cl. The Morgan fingerprint density at radius 2 is 1.79 bits per heavy atom. The molecular formula is C19H18Cl2N4O3S. The fourth-order valence-corrected chi connectivity index (χ4v) is 4.02. The summed E-state index contributed by atoms with van der Waals surface area (Å²) in [5.41, 5.74) is 0.758. The van der Waals surface area contributed by atoms with Crippen LogP contribution in [0.25, 0.3) is 0 Å². The van der Waals surface area contributed by atoms with Gasteiger partial charge in [-0.2, -0.15) is 5.10 Å². The normalized spacial score (nSPS) is 11.4. The summed E-state index contributed by atoms with van der Waals surface area (Å²) in [4.78, 5) is 12.4. The van der Waals surface area contributed by atoms with Crippen molar-refractivity contribution in [1.82, 2.24) is 14.5 Å². The number of carbonyl (C=O) groups excluding carboxylic acids is 1. The van der Waals surface area contributed by atoms with Gasteiger partial charge in [0.2, 0.25) is 15.9 Å². The molecule has 0 aliphatic heterocycles. The van der Waals surface area contributed by atoms with Gasteiger partial charge in [0.05, 0.1) is 27.7 Å². The molecule has 7 nitrogen and oxygen atoms in total. The van der Waals surface area contributed by atoms with E-state index in [1.165, 1.54) is 12.1 Å². The summed E-state index contributed by atoms with van der Waals surface area (Å²) in [6.07, 6.45) is 1.52. The van der Waals surface area contributed by atoms with Crippen molar-refractivity contribution in [2.24, 2.45) is 0 Å². The predicted octanol–water partition coefficient (Wildman–Crippen LogP) is 3.55. The van der Waals surface area contributed by atoms with Crippen LogP contribution >= 0.6 is 23.2 Å². The van der Waals surface area contributed by atoms with Crippen molar-refractivity contribution in [2.45, 2.75) is 17.9 Å². The van der Waals surface area contributed by atoms with E-state index in [0.717, 1.165) is 5.56 Å². The Balaban J connectivity index is 1.57. The summed E-state index contributed by atoms with van der Waals surface area (Å²) >= 11 is 12.2. The van der Waals surface area contributed by atoms with Crippen molar-refractivity contribution in [3.8, 4) is 0 Å². The third-order valence-corrected chi connectivity index (χ3v) is 6.37. The van der Waals surface area contributed by atoms with E-state index in [9.17, 15) is 13.2 Å². The zero-order chi connectivity index (χ0) is 20.9. The van der Waals surface area contributed by atoms with E-state index in [1.807, 2.05) is 6.07 Å². The first-order chi connectivity index (χ1) is 13.9. The van der Waals surface area contributed by atoms with Gasteiger partial charge in [-0.05, 0) is 23.8 Å². The number of halogens is 2. The molecule has 152 valence electrons. The molecule has 0 atom stereocenters. The average molecular weight is 453 g/mol. The van der Waals surface area contributed by atoms with Crippen LogP contribution in [-0.2, 0) is 21.4 Å². The van der Waals surface area contributed by atoms with Crippen molar-refractivity contribution in [3.63, 3.8) is 0 Å². The number of amides is 1. The highest BCUT2D eigenvalue weighted by molar-refractivity contribution is 7.89. The van der Waals surface area contributed by atoms with E-state index in [2.05, 4.69) is 15.1 Å². The number of nitrogens with one attached hydrogen (secondary N) is 2. The van der Waals surface area contributed by atoms with Crippen molar-refractivity contribution in [2.75, 3.05) is 11.9 Å². The molecule has 1 amide bonds. The van der Waals surface area contributed by atoms with Gasteiger partial charge < -0.3 is 5.32 Å². The Morgan fingerprint density at radius 1 is 1.03 bits per heavy atom. The van der Waals surface area contributed by atoms with Gasteiger partial charge in [-0.15, -0.1) is 0 Å². The second-order valence-corrected chi connectivity index (χ2v) is 8.65. The maximum absolute atomic E-state index is 12.2. The molecule has 10 heteroatoms. The number of hydrogen-bond donors (Lipinski definition) is 2. The number of sulfonamides is 1. The van der Waals surface area contributed by atoms with Gasteiger partial charge in [0, 0.05) is 19.0 Å². The highest BCUT2D eigenvalue weighted by Gasteiger charge is 2.14. The fraction of sp³-hybridized carbons (Fsp3) is 0.158. The van der Waals surface area contributed by atoms with Gasteiger partial charge in [0.15, 0.2) is 0 Å². The minimum atomic E-state index is -3.65. The fourth-order valence-electron chi connectivity index (χ4n) is 2.58. The number of aromatic nitrogens is 2. The number of carbonyl (C=O) groups is 1. The van der Waals surface area contributed by atoms with E-state index in [0.29, 0.717) is 22.4 Å². The van der Waals surface area contributed by atoms with Crippen LogP contribution in [0.3, 0.4) is 0 Å². The molecule has 3 rings (SSSR count). The van der Waals surface area contributed by atoms with Gasteiger partial charge in [0.25, 0.3) is 0 Å². The molecule has 0 fully saturated rings. The molecule has 0 saturated carbocycles. The average Bonchev–Trinajstić information content (AvgIpc) is 3.12. The standard InChI is InChI=1S/C19H18Cl2N4O3S/c20-16-8-4-5-14(19(16)21)13-25-17(9-11-22-25)24-18(26)10-12-23-29(27,28)15-6-2-1-3-7-15/h1-9,11,23H,10,12-13H2,(H,24,26). The summed E-state index contributed by atoms with van der Waals surface area (Å²) in [5.74, 6) is 0.122. The topological polar surface area (TPSA) is 93.1 Å². The molecule has 0 aliphatic rings. The van der Waals surface area contributed by atoms with Crippen LogP contribution in [0.4, 0.5) is 5.82 Å². The van der Waals surface area contributed by atoms with Crippen molar-refractivity contribution >= 4 is 45.0 Å². The van der Waals surface area contributed by atoms with Crippen molar-refractivity contribution in [3.05, 3.63) is 76.4 Å². The molecular weight excluding hydrogens is 435 g/mol. The molecule has 0 bridgehead atoms. The lowest BCUT2D eigenvalue weighted by Crippen LogP contribution is -2.28.